The molecule has 0 aliphatic carbocycles. The molecule has 0 spiro atoms. The topological polar surface area (TPSA) is 84.1 Å². The van der Waals surface area contributed by atoms with Crippen molar-refractivity contribution in [2.75, 3.05) is 6.61 Å². The molecule has 1 atom stereocenters. The van der Waals surface area contributed by atoms with Crippen molar-refractivity contribution in [3.05, 3.63) is 34.1 Å². The molecule has 0 bridgehead atoms. The van der Waals surface area contributed by atoms with Crippen molar-refractivity contribution in [2.24, 2.45) is 0 Å². The summed E-state index contributed by atoms with van der Waals surface area (Å²) in [5.74, 6) is -0.00915. The zero-order valence-corrected chi connectivity index (χ0v) is 13.1. The first-order valence-electron chi connectivity index (χ1n) is 7.52. The Morgan fingerprint density at radius 1 is 1.41 bits per heavy atom. The first-order chi connectivity index (χ1) is 10.6. The van der Waals surface area contributed by atoms with E-state index in [9.17, 15) is 9.59 Å². The number of nitrogens with zero attached hydrogens (tertiary/aromatic N) is 1. The van der Waals surface area contributed by atoms with Crippen LogP contribution in [0.15, 0.2) is 23.1 Å². The molecule has 118 valence electrons. The van der Waals surface area contributed by atoms with Gasteiger partial charge in [0, 0.05) is 18.3 Å². The van der Waals surface area contributed by atoms with Crippen molar-refractivity contribution in [3.63, 3.8) is 0 Å². The number of pyridine rings is 2. The predicted molar refractivity (Wildman–Crippen MR) is 85.4 cm³/mol. The van der Waals surface area contributed by atoms with Crippen LogP contribution in [0.25, 0.3) is 11.0 Å². The lowest BCUT2D eigenvalue weighted by Crippen LogP contribution is -2.35. The van der Waals surface area contributed by atoms with Gasteiger partial charge in [0.25, 0.3) is 5.91 Å². The van der Waals surface area contributed by atoms with Gasteiger partial charge in [-0.2, -0.15) is 0 Å². The summed E-state index contributed by atoms with van der Waals surface area (Å²) in [4.78, 5) is 31.8. The summed E-state index contributed by atoms with van der Waals surface area (Å²) >= 11 is 0. The van der Waals surface area contributed by atoms with Gasteiger partial charge in [-0.25, -0.2) is 4.98 Å². The molecule has 0 aliphatic rings. The summed E-state index contributed by atoms with van der Waals surface area (Å²) in [7, 11) is 0. The molecule has 0 aliphatic heterocycles. The van der Waals surface area contributed by atoms with E-state index in [-0.39, 0.29) is 23.0 Å². The highest BCUT2D eigenvalue weighted by Gasteiger charge is 2.16. The number of fused-ring (bicyclic) bond motifs is 1. The van der Waals surface area contributed by atoms with Gasteiger partial charge >= 0.3 is 0 Å². The lowest BCUT2D eigenvalue weighted by Gasteiger charge is -2.12. The van der Waals surface area contributed by atoms with Crippen LogP contribution in [-0.4, -0.2) is 28.5 Å². The quantitative estimate of drug-likeness (QED) is 0.857. The van der Waals surface area contributed by atoms with E-state index in [4.69, 9.17) is 4.74 Å². The van der Waals surface area contributed by atoms with Crippen molar-refractivity contribution >= 4 is 16.9 Å². The average Bonchev–Trinajstić information content (AvgIpc) is 2.48. The van der Waals surface area contributed by atoms with Crippen molar-refractivity contribution in [1.29, 1.82) is 0 Å². The molecule has 2 heterocycles. The van der Waals surface area contributed by atoms with Crippen LogP contribution < -0.4 is 15.5 Å². The Kier molecular flexibility index (Phi) is 5.14. The first-order valence-corrected chi connectivity index (χ1v) is 7.52. The number of rotatable bonds is 6. The zero-order valence-electron chi connectivity index (χ0n) is 13.1. The van der Waals surface area contributed by atoms with Gasteiger partial charge in [-0.3, -0.25) is 9.59 Å². The molecule has 2 aromatic heterocycles. The molecule has 6 nitrogen and oxygen atoms in total. The van der Waals surface area contributed by atoms with E-state index in [0.29, 0.717) is 18.0 Å². The fourth-order valence-corrected chi connectivity index (χ4v) is 2.28. The molecule has 2 rings (SSSR count). The molecular formula is C16H21N3O3. The highest BCUT2D eigenvalue weighted by atomic mass is 16.5. The Bertz CT molecular complexity index is 724. The number of hydrogen-bond donors (Lipinski definition) is 2. The van der Waals surface area contributed by atoms with Crippen LogP contribution in [0, 0.1) is 0 Å². The second-order valence-corrected chi connectivity index (χ2v) is 5.17. The maximum Gasteiger partial charge on any atom is 0.257 e. The van der Waals surface area contributed by atoms with E-state index in [0.717, 1.165) is 12.8 Å². The third kappa shape index (κ3) is 3.44. The standard InChI is InChI=1S/C16H21N3O3/c1-4-6-10(3)18-16(21)11-9-17-12-7-8-13(22-5-2)19-14(12)15(11)20/h7-10H,4-6H2,1-3H3,(H,17,20)(H,18,21). The highest BCUT2D eigenvalue weighted by Crippen LogP contribution is 2.12. The molecule has 6 heteroatoms. The minimum Gasteiger partial charge on any atom is -0.478 e. The SMILES string of the molecule is CCCC(C)NC(=O)c1c[nH]c2ccc(OCC)nc2c1=O. The van der Waals surface area contributed by atoms with Gasteiger partial charge in [0.2, 0.25) is 11.3 Å². The van der Waals surface area contributed by atoms with E-state index in [2.05, 4.69) is 15.3 Å². The summed E-state index contributed by atoms with van der Waals surface area (Å²) in [6, 6.07) is 3.43. The first kappa shape index (κ1) is 16.0. The number of carbonyl (C=O) groups excluding carboxylic acids is 1. The number of ether oxygens (including phenoxy) is 1. The van der Waals surface area contributed by atoms with E-state index in [1.54, 1.807) is 12.1 Å². The monoisotopic (exact) mass is 303 g/mol. The van der Waals surface area contributed by atoms with E-state index in [1.807, 2.05) is 20.8 Å². The number of H-pyrrole nitrogens is 1. The van der Waals surface area contributed by atoms with Crippen molar-refractivity contribution in [3.8, 4) is 5.88 Å². The minimum absolute atomic E-state index is 0.0234. The van der Waals surface area contributed by atoms with Gasteiger partial charge in [-0.15, -0.1) is 0 Å². The Morgan fingerprint density at radius 3 is 2.86 bits per heavy atom. The Hall–Kier alpha value is -2.37. The molecule has 22 heavy (non-hydrogen) atoms. The van der Waals surface area contributed by atoms with Crippen LogP contribution in [0.5, 0.6) is 5.88 Å². The number of amides is 1. The summed E-state index contributed by atoms with van der Waals surface area (Å²) in [6.07, 6.45) is 3.26. The molecule has 0 aromatic carbocycles. The Balaban J connectivity index is 2.36. The van der Waals surface area contributed by atoms with Gasteiger partial charge in [-0.05, 0) is 26.3 Å². The summed E-state index contributed by atoms with van der Waals surface area (Å²) in [5.41, 5.74) is 0.460. The number of nitrogens with one attached hydrogen (secondary N) is 2. The van der Waals surface area contributed by atoms with Gasteiger partial charge in [0.05, 0.1) is 12.1 Å². The van der Waals surface area contributed by atoms with Crippen LogP contribution in [0.2, 0.25) is 0 Å². The van der Waals surface area contributed by atoms with Gasteiger partial charge in [0.1, 0.15) is 11.1 Å². The third-order valence-electron chi connectivity index (χ3n) is 3.34. The van der Waals surface area contributed by atoms with Crippen LogP contribution in [0.4, 0.5) is 0 Å². The van der Waals surface area contributed by atoms with Crippen molar-refractivity contribution in [1.82, 2.24) is 15.3 Å². The normalized spacial score (nSPS) is 12.1. The highest BCUT2D eigenvalue weighted by molar-refractivity contribution is 5.96. The largest absolute Gasteiger partial charge is 0.478 e. The molecule has 1 amide bonds. The van der Waals surface area contributed by atoms with E-state index in [1.165, 1.54) is 6.20 Å². The van der Waals surface area contributed by atoms with E-state index >= 15 is 0 Å². The van der Waals surface area contributed by atoms with Crippen LogP contribution in [0.1, 0.15) is 44.0 Å². The summed E-state index contributed by atoms with van der Waals surface area (Å²) < 4.78 is 5.30. The van der Waals surface area contributed by atoms with E-state index < -0.39 is 5.43 Å². The fourth-order valence-electron chi connectivity index (χ4n) is 2.28. The van der Waals surface area contributed by atoms with Gasteiger partial charge in [0.15, 0.2) is 0 Å². The van der Waals surface area contributed by atoms with Gasteiger partial charge < -0.3 is 15.0 Å². The van der Waals surface area contributed by atoms with Crippen molar-refractivity contribution in [2.45, 2.75) is 39.7 Å². The predicted octanol–water partition coefficient (Wildman–Crippen LogP) is 2.24. The molecule has 1 unspecified atom stereocenters. The molecule has 0 saturated heterocycles. The van der Waals surface area contributed by atoms with Crippen LogP contribution in [0.3, 0.4) is 0 Å². The zero-order chi connectivity index (χ0) is 16.1. The second kappa shape index (κ2) is 7.06. The summed E-state index contributed by atoms with van der Waals surface area (Å²) in [6.45, 7) is 6.27. The maximum absolute atomic E-state index is 12.5. The Morgan fingerprint density at radius 2 is 2.18 bits per heavy atom. The van der Waals surface area contributed by atoms with Crippen molar-refractivity contribution < 1.29 is 9.53 Å². The lowest BCUT2D eigenvalue weighted by atomic mass is 10.1. The van der Waals surface area contributed by atoms with Crippen LogP contribution >= 0.6 is 0 Å². The molecule has 0 saturated carbocycles. The molecule has 2 N–H and O–H groups in total. The molecule has 0 fully saturated rings. The molecular weight excluding hydrogens is 282 g/mol. The second-order valence-electron chi connectivity index (χ2n) is 5.17. The smallest absolute Gasteiger partial charge is 0.257 e. The average molecular weight is 303 g/mol. The summed E-state index contributed by atoms with van der Waals surface area (Å²) in [5, 5.41) is 2.82. The number of aromatic nitrogens is 2. The molecule has 2 aromatic rings. The third-order valence-corrected chi connectivity index (χ3v) is 3.34. The lowest BCUT2D eigenvalue weighted by molar-refractivity contribution is 0.0937. The van der Waals surface area contributed by atoms with Gasteiger partial charge in [-0.1, -0.05) is 13.3 Å². The Labute approximate surface area is 128 Å². The van der Waals surface area contributed by atoms with Crippen LogP contribution in [-0.2, 0) is 0 Å². The molecule has 0 radical (unpaired) electrons. The maximum atomic E-state index is 12.5. The number of aromatic amines is 1. The minimum atomic E-state index is -0.392. The number of hydrogen-bond acceptors (Lipinski definition) is 4. The number of carbonyl (C=O) groups is 1. The fraction of sp³-hybridized carbons (Fsp3) is 0.438.